The Labute approximate surface area is 186 Å². The van der Waals surface area contributed by atoms with Crippen LogP contribution in [0.25, 0.3) is 0 Å². The van der Waals surface area contributed by atoms with Gasteiger partial charge in [0.25, 0.3) is 0 Å². The number of hydrogen-bond acceptors (Lipinski definition) is 6. The minimum atomic E-state index is -0.182. The molecule has 0 radical (unpaired) electrons. The molecule has 2 fully saturated rings. The lowest BCUT2D eigenvalue weighted by molar-refractivity contribution is -0.120. The minimum absolute atomic E-state index is 0.0162. The molecule has 2 atom stereocenters. The lowest BCUT2D eigenvalue weighted by Crippen LogP contribution is -2.48. The average Bonchev–Trinajstić information content (AvgIpc) is 3.33. The number of amides is 3. The van der Waals surface area contributed by atoms with Crippen LogP contribution in [0.15, 0.2) is 24.3 Å². The summed E-state index contributed by atoms with van der Waals surface area (Å²) in [6.45, 7) is 4.98. The van der Waals surface area contributed by atoms with E-state index in [0.717, 1.165) is 42.4 Å². The van der Waals surface area contributed by atoms with Crippen molar-refractivity contribution in [3.05, 3.63) is 35.7 Å². The molecule has 2 unspecified atom stereocenters. The quantitative estimate of drug-likeness (QED) is 0.625. The average molecular weight is 440 g/mol. The van der Waals surface area contributed by atoms with Crippen LogP contribution in [0.5, 0.6) is 0 Å². The third-order valence-corrected chi connectivity index (χ3v) is 5.77. The van der Waals surface area contributed by atoms with Crippen molar-refractivity contribution in [2.45, 2.75) is 58.2 Å². The van der Waals surface area contributed by atoms with Gasteiger partial charge >= 0.3 is 0 Å². The summed E-state index contributed by atoms with van der Waals surface area (Å²) in [5.74, 6) is 1.29. The molecular formula is C22H29N7O3. The fourth-order valence-corrected chi connectivity index (χ4v) is 4.45. The summed E-state index contributed by atoms with van der Waals surface area (Å²) in [4.78, 5) is 37.0. The molecule has 10 heteroatoms. The number of carbonyl (C=O) groups excluding carboxylic acids is 3. The second-order valence-corrected chi connectivity index (χ2v) is 8.47. The van der Waals surface area contributed by atoms with E-state index in [1.807, 2.05) is 28.8 Å². The number of benzene rings is 1. The van der Waals surface area contributed by atoms with Crippen molar-refractivity contribution in [1.82, 2.24) is 25.4 Å². The second-order valence-electron chi connectivity index (χ2n) is 8.47. The molecule has 0 spiro atoms. The molecule has 3 amide bonds. The van der Waals surface area contributed by atoms with Crippen LogP contribution in [0.3, 0.4) is 0 Å². The Morgan fingerprint density at radius 3 is 2.75 bits per heavy atom. The number of anilines is 2. The highest BCUT2D eigenvalue weighted by Crippen LogP contribution is 2.28. The molecule has 3 heterocycles. The van der Waals surface area contributed by atoms with E-state index in [4.69, 9.17) is 0 Å². The van der Waals surface area contributed by atoms with Gasteiger partial charge in [-0.2, -0.15) is 0 Å². The highest BCUT2D eigenvalue weighted by atomic mass is 16.2. The fourth-order valence-electron chi connectivity index (χ4n) is 4.45. The molecule has 10 nitrogen and oxygen atoms in total. The molecule has 2 saturated heterocycles. The summed E-state index contributed by atoms with van der Waals surface area (Å²) in [6, 6.07) is 7.54. The Morgan fingerprint density at radius 2 is 2.03 bits per heavy atom. The topological polar surface area (TPSA) is 121 Å². The summed E-state index contributed by atoms with van der Waals surface area (Å²) in [6.07, 6.45) is 3.01. The predicted molar refractivity (Wildman–Crippen MR) is 119 cm³/mol. The Kier molecular flexibility index (Phi) is 6.38. The van der Waals surface area contributed by atoms with Gasteiger partial charge < -0.3 is 20.9 Å². The van der Waals surface area contributed by atoms with Crippen molar-refractivity contribution in [2.24, 2.45) is 0 Å². The van der Waals surface area contributed by atoms with Gasteiger partial charge in [-0.05, 0) is 37.0 Å². The standard InChI is InChI=1S/C22H29N7O3/c1-14(30)23-17-6-3-5-16(11-17)12-29-21(19-8-9-20(32)25-19)26-27-22(29)28-10-4-7-18(13-28)24-15(2)31/h3,5-6,11,18-19H,4,7-10,12-13H2,1-2H3,(H,23,30)(H,24,31)(H,25,32). The Hall–Kier alpha value is -3.43. The third-order valence-electron chi connectivity index (χ3n) is 5.77. The SMILES string of the molecule is CC(=O)Nc1cccc(Cn2c(C3CCC(=O)N3)nnc2N2CCCC(NC(C)=O)C2)c1. The number of nitrogens with one attached hydrogen (secondary N) is 3. The number of aromatic nitrogens is 3. The fraction of sp³-hybridized carbons (Fsp3) is 0.500. The minimum Gasteiger partial charge on any atom is -0.352 e. The summed E-state index contributed by atoms with van der Waals surface area (Å²) in [5.41, 5.74) is 1.71. The number of rotatable bonds is 6. The van der Waals surface area contributed by atoms with Gasteiger partial charge in [0.05, 0.1) is 12.6 Å². The van der Waals surface area contributed by atoms with Crippen LogP contribution in [-0.2, 0) is 20.9 Å². The van der Waals surface area contributed by atoms with Crippen LogP contribution in [0, 0.1) is 0 Å². The zero-order chi connectivity index (χ0) is 22.7. The van der Waals surface area contributed by atoms with Crippen LogP contribution in [0.1, 0.15) is 57.0 Å². The van der Waals surface area contributed by atoms with Gasteiger partial charge in [0.1, 0.15) is 0 Å². The van der Waals surface area contributed by atoms with Gasteiger partial charge in [-0.3, -0.25) is 19.0 Å². The maximum Gasteiger partial charge on any atom is 0.227 e. The van der Waals surface area contributed by atoms with Gasteiger partial charge in [0, 0.05) is 45.1 Å². The molecule has 4 rings (SSSR count). The first kappa shape index (κ1) is 21.8. The van der Waals surface area contributed by atoms with Gasteiger partial charge in [-0.1, -0.05) is 12.1 Å². The first-order valence-corrected chi connectivity index (χ1v) is 11.0. The Bertz CT molecular complexity index is 1020. The number of nitrogens with zero attached hydrogens (tertiary/aromatic N) is 4. The number of piperidine rings is 1. The molecule has 1 aromatic carbocycles. The lowest BCUT2D eigenvalue weighted by atomic mass is 10.1. The van der Waals surface area contributed by atoms with Gasteiger partial charge in [-0.15, -0.1) is 10.2 Å². The van der Waals surface area contributed by atoms with Crippen LogP contribution in [0.4, 0.5) is 11.6 Å². The van der Waals surface area contributed by atoms with E-state index in [2.05, 4.69) is 31.0 Å². The second kappa shape index (κ2) is 9.37. The van der Waals surface area contributed by atoms with E-state index < -0.39 is 0 Å². The molecule has 2 aromatic rings. The van der Waals surface area contributed by atoms with Crippen molar-refractivity contribution in [3.63, 3.8) is 0 Å². The van der Waals surface area contributed by atoms with Crippen LogP contribution < -0.4 is 20.9 Å². The predicted octanol–water partition coefficient (Wildman–Crippen LogP) is 1.34. The molecule has 3 N–H and O–H groups in total. The van der Waals surface area contributed by atoms with Crippen LogP contribution in [0.2, 0.25) is 0 Å². The maximum atomic E-state index is 11.8. The summed E-state index contributed by atoms with van der Waals surface area (Å²) < 4.78 is 2.04. The first-order chi connectivity index (χ1) is 15.4. The monoisotopic (exact) mass is 439 g/mol. The molecule has 0 saturated carbocycles. The van der Waals surface area contributed by atoms with Crippen molar-refractivity contribution in [1.29, 1.82) is 0 Å². The zero-order valence-electron chi connectivity index (χ0n) is 18.4. The van der Waals surface area contributed by atoms with E-state index >= 15 is 0 Å². The molecule has 170 valence electrons. The smallest absolute Gasteiger partial charge is 0.227 e. The van der Waals surface area contributed by atoms with Crippen molar-refractivity contribution in [2.75, 3.05) is 23.3 Å². The molecule has 0 aliphatic carbocycles. The molecular weight excluding hydrogens is 410 g/mol. The number of carbonyl (C=O) groups is 3. The molecule has 32 heavy (non-hydrogen) atoms. The van der Waals surface area contributed by atoms with E-state index in [-0.39, 0.29) is 29.8 Å². The normalized spacial score (nSPS) is 20.7. The van der Waals surface area contributed by atoms with E-state index in [1.165, 1.54) is 13.8 Å². The molecule has 0 bridgehead atoms. The first-order valence-electron chi connectivity index (χ1n) is 11.0. The highest BCUT2D eigenvalue weighted by Gasteiger charge is 2.31. The van der Waals surface area contributed by atoms with Crippen LogP contribution in [-0.4, -0.2) is 51.6 Å². The van der Waals surface area contributed by atoms with Crippen LogP contribution >= 0.6 is 0 Å². The third kappa shape index (κ3) is 5.06. The van der Waals surface area contributed by atoms with E-state index in [1.54, 1.807) is 0 Å². The maximum absolute atomic E-state index is 11.8. The van der Waals surface area contributed by atoms with E-state index in [9.17, 15) is 14.4 Å². The zero-order valence-corrected chi connectivity index (χ0v) is 18.4. The van der Waals surface area contributed by atoms with Gasteiger partial charge in [0.15, 0.2) is 5.82 Å². The van der Waals surface area contributed by atoms with Crippen molar-refractivity contribution < 1.29 is 14.4 Å². The van der Waals surface area contributed by atoms with Crippen molar-refractivity contribution in [3.8, 4) is 0 Å². The Balaban J connectivity index is 1.64. The largest absolute Gasteiger partial charge is 0.352 e. The van der Waals surface area contributed by atoms with E-state index in [0.29, 0.717) is 25.9 Å². The summed E-state index contributed by atoms with van der Waals surface area (Å²) >= 11 is 0. The highest BCUT2D eigenvalue weighted by molar-refractivity contribution is 5.88. The summed E-state index contributed by atoms with van der Waals surface area (Å²) in [7, 11) is 0. The lowest BCUT2D eigenvalue weighted by Gasteiger charge is -2.33. The number of hydrogen-bond donors (Lipinski definition) is 3. The molecule has 2 aliphatic rings. The molecule has 2 aliphatic heterocycles. The van der Waals surface area contributed by atoms with Gasteiger partial charge in [0.2, 0.25) is 23.7 Å². The Morgan fingerprint density at radius 1 is 1.19 bits per heavy atom. The van der Waals surface area contributed by atoms with Crippen molar-refractivity contribution >= 4 is 29.4 Å². The van der Waals surface area contributed by atoms with Gasteiger partial charge in [-0.25, -0.2) is 0 Å². The molecule has 1 aromatic heterocycles. The summed E-state index contributed by atoms with van der Waals surface area (Å²) in [5, 5.41) is 17.8.